The molecule has 1 aromatic rings. The molecule has 0 heterocycles. The van der Waals surface area contributed by atoms with E-state index in [-0.39, 0.29) is 18.2 Å². The first kappa shape index (κ1) is 18.2. The van der Waals surface area contributed by atoms with Gasteiger partial charge < -0.3 is 5.11 Å². The van der Waals surface area contributed by atoms with Crippen molar-refractivity contribution < 1.29 is 14.7 Å². The first-order valence-electron chi connectivity index (χ1n) is 7.83. The van der Waals surface area contributed by atoms with Crippen LogP contribution in [0.4, 0.5) is 4.79 Å². The van der Waals surface area contributed by atoms with Gasteiger partial charge in [0.25, 0.3) is 0 Å². The summed E-state index contributed by atoms with van der Waals surface area (Å²) in [5.41, 5.74) is 0.574. The zero-order valence-corrected chi connectivity index (χ0v) is 14.0. The van der Waals surface area contributed by atoms with Crippen molar-refractivity contribution >= 4 is 11.9 Å². The van der Waals surface area contributed by atoms with Gasteiger partial charge in [0.05, 0.1) is 6.54 Å². The Hall–Kier alpha value is -1.84. The van der Waals surface area contributed by atoms with Gasteiger partial charge in [-0.15, -0.1) is 0 Å². The summed E-state index contributed by atoms with van der Waals surface area (Å²) < 4.78 is 0. The van der Waals surface area contributed by atoms with E-state index in [9.17, 15) is 14.7 Å². The Morgan fingerprint density at radius 2 is 1.77 bits per heavy atom. The van der Waals surface area contributed by atoms with Crippen molar-refractivity contribution in [2.75, 3.05) is 6.54 Å². The number of amides is 1. The van der Waals surface area contributed by atoms with Gasteiger partial charge in [-0.25, -0.2) is 4.79 Å². The van der Waals surface area contributed by atoms with E-state index in [4.69, 9.17) is 0 Å². The quantitative estimate of drug-likeness (QED) is 0.816. The van der Waals surface area contributed by atoms with Crippen molar-refractivity contribution in [1.82, 2.24) is 4.90 Å². The normalized spacial score (nSPS) is 12.7. The van der Waals surface area contributed by atoms with E-state index in [0.717, 1.165) is 18.4 Å². The molecule has 122 valence electrons. The fraction of sp³-hybridized carbons (Fsp3) is 0.556. The average Bonchev–Trinajstić information content (AvgIpc) is 2.44. The second-order valence-electron chi connectivity index (χ2n) is 6.68. The fourth-order valence-corrected chi connectivity index (χ4v) is 2.57. The largest absolute Gasteiger partial charge is 0.465 e. The summed E-state index contributed by atoms with van der Waals surface area (Å²) in [6.45, 7) is 7.45. The molecule has 0 aliphatic carbocycles. The monoisotopic (exact) mass is 305 g/mol. The first-order valence-corrected chi connectivity index (χ1v) is 7.83. The summed E-state index contributed by atoms with van der Waals surface area (Å²) >= 11 is 0. The van der Waals surface area contributed by atoms with Gasteiger partial charge in [-0.3, -0.25) is 9.69 Å². The fourth-order valence-electron chi connectivity index (χ4n) is 2.57. The third-order valence-corrected chi connectivity index (χ3v) is 3.76. The van der Waals surface area contributed by atoms with Gasteiger partial charge in [0.15, 0.2) is 5.78 Å². The lowest BCUT2D eigenvalue weighted by molar-refractivity contribution is -0.121. The molecule has 0 saturated heterocycles. The molecule has 1 aromatic carbocycles. The van der Waals surface area contributed by atoms with E-state index in [1.807, 2.05) is 30.3 Å². The van der Waals surface area contributed by atoms with Crippen molar-refractivity contribution in [3.8, 4) is 0 Å². The Kier molecular flexibility index (Phi) is 6.60. The topological polar surface area (TPSA) is 57.6 Å². The smallest absolute Gasteiger partial charge is 0.408 e. The van der Waals surface area contributed by atoms with Crippen LogP contribution in [0.2, 0.25) is 0 Å². The summed E-state index contributed by atoms with van der Waals surface area (Å²) in [6, 6.07) is 9.97. The molecule has 0 aromatic heterocycles. The molecule has 1 N–H and O–H groups in total. The van der Waals surface area contributed by atoms with Gasteiger partial charge in [0.2, 0.25) is 0 Å². The van der Waals surface area contributed by atoms with Gasteiger partial charge in [-0.2, -0.15) is 0 Å². The molecule has 0 radical (unpaired) electrons. The standard InChI is InChI=1S/C18H27NO3/c1-5-9-15(14-10-7-6-8-11-14)12-16(20)13-19(17(21)22)18(2,3)4/h6-8,10-11,15H,5,9,12-13H2,1-4H3,(H,21,22). The summed E-state index contributed by atoms with van der Waals surface area (Å²) in [5, 5.41) is 9.29. The molecule has 0 saturated carbocycles. The van der Waals surface area contributed by atoms with Gasteiger partial charge >= 0.3 is 6.09 Å². The Morgan fingerprint density at radius 1 is 1.18 bits per heavy atom. The van der Waals surface area contributed by atoms with Crippen LogP contribution in [0, 0.1) is 0 Å². The van der Waals surface area contributed by atoms with Crippen LogP contribution in [-0.2, 0) is 4.79 Å². The molecule has 1 unspecified atom stereocenters. The maximum Gasteiger partial charge on any atom is 0.408 e. The molecule has 1 atom stereocenters. The summed E-state index contributed by atoms with van der Waals surface area (Å²) in [6.07, 6.45) is 1.26. The van der Waals surface area contributed by atoms with Gasteiger partial charge in [-0.1, -0.05) is 43.7 Å². The molecule has 22 heavy (non-hydrogen) atoms. The number of carboxylic acid groups (broad SMARTS) is 1. The van der Waals surface area contributed by atoms with E-state index in [1.165, 1.54) is 4.90 Å². The highest BCUT2D eigenvalue weighted by Gasteiger charge is 2.28. The predicted octanol–water partition coefficient (Wildman–Crippen LogP) is 4.31. The van der Waals surface area contributed by atoms with Crippen molar-refractivity contribution in [1.29, 1.82) is 0 Å². The lowest BCUT2D eigenvalue weighted by Gasteiger charge is -2.32. The number of ketones is 1. The van der Waals surface area contributed by atoms with E-state index in [1.54, 1.807) is 20.8 Å². The highest BCUT2D eigenvalue weighted by atomic mass is 16.4. The Morgan fingerprint density at radius 3 is 2.23 bits per heavy atom. The van der Waals surface area contributed by atoms with Crippen molar-refractivity contribution in [3.63, 3.8) is 0 Å². The maximum absolute atomic E-state index is 12.4. The average molecular weight is 305 g/mol. The Labute approximate surface area is 133 Å². The lowest BCUT2D eigenvalue weighted by atomic mass is 9.89. The van der Waals surface area contributed by atoms with Crippen molar-refractivity contribution in [2.24, 2.45) is 0 Å². The van der Waals surface area contributed by atoms with Crippen LogP contribution in [-0.4, -0.2) is 34.0 Å². The zero-order chi connectivity index (χ0) is 16.8. The summed E-state index contributed by atoms with van der Waals surface area (Å²) in [5.74, 6) is 0.133. The van der Waals surface area contributed by atoms with Crippen LogP contribution in [0.3, 0.4) is 0 Å². The van der Waals surface area contributed by atoms with Crippen LogP contribution < -0.4 is 0 Å². The van der Waals surface area contributed by atoms with Crippen LogP contribution in [0.1, 0.15) is 58.4 Å². The van der Waals surface area contributed by atoms with E-state index >= 15 is 0 Å². The zero-order valence-electron chi connectivity index (χ0n) is 14.0. The minimum absolute atomic E-state index is 0.0281. The van der Waals surface area contributed by atoms with Gasteiger partial charge in [0.1, 0.15) is 0 Å². The third-order valence-electron chi connectivity index (χ3n) is 3.76. The second-order valence-corrected chi connectivity index (χ2v) is 6.68. The molecule has 0 bridgehead atoms. The maximum atomic E-state index is 12.4. The number of hydrogen-bond acceptors (Lipinski definition) is 2. The minimum Gasteiger partial charge on any atom is -0.465 e. The molecule has 4 heteroatoms. The number of nitrogens with zero attached hydrogens (tertiary/aromatic N) is 1. The number of Topliss-reactive ketones (excluding diaryl/α,β-unsaturated/α-hetero) is 1. The third kappa shape index (κ3) is 5.51. The van der Waals surface area contributed by atoms with Crippen LogP contribution in [0.15, 0.2) is 30.3 Å². The van der Waals surface area contributed by atoms with Gasteiger partial charge in [0, 0.05) is 12.0 Å². The van der Waals surface area contributed by atoms with Gasteiger partial charge in [-0.05, 0) is 38.7 Å². The van der Waals surface area contributed by atoms with Crippen molar-refractivity contribution in [3.05, 3.63) is 35.9 Å². The SMILES string of the molecule is CCCC(CC(=O)CN(C(=O)O)C(C)(C)C)c1ccccc1. The summed E-state index contributed by atoms with van der Waals surface area (Å²) in [7, 11) is 0. The number of benzene rings is 1. The van der Waals surface area contributed by atoms with E-state index < -0.39 is 11.6 Å². The number of rotatable bonds is 7. The van der Waals surface area contributed by atoms with Crippen molar-refractivity contribution in [2.45, 2.75) is 58.4 Å². The number of hydrogen-bond donors (Lipinski definition) is 1. The Balaban J connectivity index is 2.77. The molecule has 4 nitrogen and oxygen atoms in total. The molecular formula is C18H27NO3. The van der Waals surface area contributed by atoms with E-state index in [2.05, 4.69) is 6.92 Å². The molecule has 1 amide bonds. The minimum atomic E-state index is -1.05. The van der Waals surface area contributed by atoms with Crippen LogP contribution in [0.25, 0.3) is 0 Å². The molecule has 1 rings (SSSR count). The number of carbonyl (C=O) groups is 2. The molecule has 0 aliphatic rings. The second kappa shape index (κ2) is 7.97. The molecule has 0 fully saturated rings. The number of carbonyl (C=O) groups excluding carboxylic acids is 1. The molecule has 0 aliphatic heterocycles. The molecule has 0 spiro atoms. The Bertz CT molecular complexity index is 491. The summed E-state index contributed by atoms with van der Waals surface area (Å²) in [4.78, 5) is 24.9. The highest BCUT2D eigenvalue weighted by molar-refractivity contribution is 5.84. The lowest BCUT2D eigenvalue weighted by Crippen LogP contribution is -2.47. The molecular weight excluding hydrogens is 278 g/mol. The first-order chi connectivity index (χ1) is 10.3. The van der Waals surface area contributed by atoms with Crippen LogP contribution in [0.5, 0.6) is 0 Å². The van der Waals surface area contributed by atoms with E-state index in [0.29, 0.717) is 6.42 Å². The predicted molar refractivity (Wildman–Crippen MR) is 88.2 cm³/mol. The van der Waals surface area contributed by atoms with Crippen LogP contribution >= 0.6 is 0 Å². The highest BCUT2D eigenvalue weighted by Crippen LogP contribution is 2.25.